The van der Waals surface area contributed by atoms with E-state index >= 15 is 0 Å². The Kier molecular flexibility index (Phi) is 3.92. The predicted octanol–water partition coefficient (Wildman–Crippen LogP) is 3.34. The molecule has 0 aliphatic carbocycles. The van der Waals surface area contributed by atoms with Crippen molar-refractivity contribution in [1.82, 2.24) is 15.3 Å². The zero-order valence-electron chi connectivity index (χ0n) is 13.3. The second-order valence-electron chi connectivity index (χ2n) is 5.88. The molecule has 4 rings (SSSR count). The average Bonchev–Trinajstić information content (AvgIpc) is 3.24. The molecule has 1 aliphatic heterocycles. The van der Waals surface area contributed by atoms with Crippen molar-refractivity contribution >= 4 is 22.9 Å². The molecule has 0 radical (unpaired) electrons. The molecule has 1 aliphatic rings. The number of anilines is 1. The van der Waals surface area contributed by atoms with Crippen molar-refractivity contribution in [1.29, 1.82) is 0 Å². The predicted molar refractivity (Wildman–Crippen MR) is 96.4 cm³/mol. The number of hydrogen-bond donors (Lipinski definition) is 3. The summed E-state index contributed by atoms with van der Waals surface area (Å²) in [5.41, 5.74) is 5.76. The van der Waals surface area contributed by atoms with Crippen LogP contribution in [0.5, 0.6) is 0 Å². The first-order valence-electron chi connectivity index (χ1n) is 7.94. The lowest BCUT2D eigenvalue weighted by atomic mass is 9.99. The van der Waals surface area contributed by atoms with Crippen molar-refractivity contribution in [3.63, 3.8) is 0 Å². The molecule has 122 valence electrons. The highest BCUT2D eigenvalue weighted by atomic mass is 32.1. The second kappa shape index (κ2) is 6.22. The van der Waals surface area contributed by atoms with Gasteiger partial charge in [-0.15, -0.1) is 11.3 Å². The largest absolute Gasteiger partial charge is 0.357 e. The lowest BCUT2D eigenvalue weighted by molar-refractivity contribution is 0.102. The van der Waals surface area contributed by atoms with E-state index in [1.807, 2.05) is 36.7 Å². The van der Waals surface area contributed by atoms with Gasteiger partial charge in [0.1, 0.15) is 5.69 Å². The third-order valence-corrected chi connectivity index (χ3v) is 5.00. The van der Waals surface area contributed by atoms with Crippen molar-refractivity contribution in [2.45, 2.75) is 19.9 Å². The first-order valence-corrected chi connectivity index (χ1v) is 8.82. The van der Waals surface area contributed by atoms with E-state index in [-0.39, 0.29) is 5.91 Å². The van der Waals surface area contributed by atoms with E-state index in [9.17, 15) is 4.79 Å². The molecule has 0 saturated carbocycles. The summed E-state index contributed by atoms with van der Waals surface area (Å²) in [6.45, 7) is 3.77. The molecule has 3 aromatic rings. The molecule has 0 unspecified atom stereocenters. The van der Waals surface area contributed by atoms with E-state index < -0.39 is 0 Å². The minimum Gasteiger partial charge on any atom is -0.357 e. The van der Waals surface area contributed by atoms with Crippen LogP contribution in [-0.2, 0) is 13.0 Å². The topological polar surface area (TPSA) is 69.8 Å². The molecule has 3 heterocycles. The average molecular weight is 338 g/mol. The monoisotopic (exact) mass is 338 g/mol. The smallest absolute Gasteiger partial charge is 0.272 e. The van der Waals surface area contributed by atoms with Crippen LogP contribution >= 0.6 is 11.3 Å². The number of nitrogens with one attached hydrogen (secondary N) is 3. The Morgan fingerprint density at radius 1 is 1.38 bits per heavy atom. The van der Waals surface area contributed by atoms with E-state index in [1.54, 1.807) is 11.3 Å². The van der Waals surface area contributed by atoms with E-state index in [4.69, 9.17) is 0 Å². The van der Waals surface area contributed by atoms with Gasteiger partial charge in [0.05, 0.1) is 10.7 Å². The van der Waals surface area contributed by atoms with Gasteiger partial charge in [-0.05, 0) is 43.1 Å². The van der Waals surface area contributed by atoms with Crippen molar-refractivity contribution in [3.05, 3.63) is 57.7 Å². The van der Waals surface area contributed by atoms with Crippen LogP contribution in [0.4, 0.5) is 5.69 Å². The quantitative estimate of drug-likeness (QED) is 0.686. The summed E-state index contributed by atoms with van der Waals surface area (Å²) in [6, 6.07) is 7.91. The summed E-state index contributed by atoms with van der Waals surface area (Å²) in [6.07, 6.45) is 2.76. The van der Waals surface area contributed by atoms with Crippen LogP contribution in [0, 0.1) is 6.92 Å². The van der Waals surface area contributed by atoms with E-state index in [0.717, 1.165) is 41.5 Å². The second-order valence-corrected chi connectivity index (χ2v) is 6.94. The van der Waals surface area contributed by atoms with Crippen molar-refractivity contribution in [3.8, 4) is 11.3 Å². The molecule has 3 N–H and O–H groups in total. The number of carbonyl (C=O) groups excluding carboxylic acids is 1. The summed E-state index contributed by atoms with van der Waals surface area (Å²) in [5.74, 6) is -0.125. The SMILES string of the molecule is Cc1nc(-c2c[nH]c(C(=O)Nc3cccc4c3CCNC4)c2)cs1. The normalized spacial score (nSPS) is 13.5. The van der Waals surface area contributed by atoms with Crippen LogP contribution in [0.2, 0.25) is 0 Å². The van der Waals surface area contributed by atoms with Gasteiger partial charge in [-0.25, -0.2) is 4.98 Å². The van der Waals surface area contributed by atoms with Crippen LogP contribution in [0.3, 0.4) is 0 Å². The molecule has 24 heavy (non-hydrogen) atoms. The molecule has 0 saturated heterocycles. The highest BCUT2D eigenvalue weighted by molar-refractivity contribution is 7.09. The summed E-state index contributed by atoms with van der Waals surface area (Å²) >= 11 is 1.60. The number of nitrogens with zero attached hydrogens (tertiary/aromatic N) is 1. The maximum Gasteiger partial charge on any atom is 0.272 e. The molecule has 0 atom stereocenters. The Morgan fingerprint density at radius 2 is 2.29 bits per heavy atom. The highest BCUT2D eigenvalue weighted by Gasteiger charge is 2.16. The van der Waals surface area contributed by atoms with Crippen molar-refractivity contribution in [2.24, 2.45) is 0 Å². The molecular weight excluding hydrogens is 320 g/mol. The lowest BCUT2D eigenvalue weighted by Crippen LogP contribution is -2.25. The van der Waals surface area contributed by atoms with Gasteiger partial charge in [0.15, 0.2) is 0 Å². The molecule has 0 fully saturated rings. The zero-order chi connectivity index (χ0) is 16.5. The highest BCUT2D eigenvalue weighted by Crippen LogP contribution is 2.25. The molecular formula is C18H18N4OS. The van der Waals surface area contributed by atoms with Gasteiger partial charge in [-0.3, -0.25) is 4.79 Å². The van der Waals surface area contributed by atoms with Gasteiger partial charge in [-0.1, -0.05) is 12.1 Å². The Bertz CT molecular complexity index is 896. The fraction of sp³-hybridized carbons (Fsp3) is 0.222. The minimum absolute atomic E-state index is 0.125. The number of aromatic nitrogens is 2. The van der Waals surface area contributed by atoms with Crippen molar-refractivity contribution < 1.29 is 4.79 Å². The van der Waals surface area contributed by atoms with Gasteiger partial charge in [0, 0.05) is 29.4 Å². The van der Waals surface area contributed by atoms with Crippen LogP contribution in [0.15, 0.2) is 35.8 Å². The summed E-state index contributed by atoms with van der Waals surface area (Å²) < 4.78 is 0. The van der Waals surface area contributed by atoms with E-state index in [1.165, 1.54) is 11.1 Å². The Hall–Kier alpha value is -2.44. The zero-order valence-corrected chi connectivity index (χ0v) is 14.2. The summed E-state index contributed by atoms with van der Waals surface area (Å²) in [4.78, 5) is 20.1. The number of fused-ring (bicyclic) bond motifs is 1. The summed E-state index contributed by atoms with van der Waals surface area (Å²) in [7, 11) is 0. The standard InChI is InChI=1S/C18H18N4OS/c1-11-21-17(10-24-11)13-7-16(20-9-13)18(23)22-15-4-2-3-12-8-19-6-5-14(12)15/h2-4,7,9-10,19-20H,5-6,8H2,1H3,(H,22,23). The number of thiazole rings is 1. The number of carbonyl (C=O) groups is 1. The Labute approximate surface area is 144 Å². The Balaban J connectivity index is 1.56. The fourth-order valence-electron chi connectivity index (χ4n) is 3.01. The number of amides is 1. The van der Waals surface area contributed by atoms with Crippen LogP contribution in [0.25, 0.3) is 11.3 Å². The summed E-state index contributed by atoms with van der Waals surface area (Å²) in [5, 5.41) is 9.41. The van der Waals surface area contributed by atoms with Gasteiger partial charge in [0.25, 0.3) is 5.91 Å². The van der Waals surface area contributed by atoms with Crippen LogP contribution in [0.1, 0.15) is 26.6 Å². The van der Waals surface area contributed by atoms with E-state index in [0.29, 0.717) is 5.69 Å². The van der Waals surface area contributed by atoms with Gasteiger partial charge in [0.2, 0.25) is 0 Å². The Morgan fingerprint density at radius 3 is 3.12 bits per heavy atom. The fourth-order valence-corrected chi connectivity index (χ4v) is 3.63. The number of hydrogen-bond acceptors (Lipinski definition) is 4. The minimum atomic E-state index is -0.125. The van der Waals surface area contributed by atoms with E-state index in [2.05, 4.69) is 26.7 Å². The number of benzene rings is 1. The third kappa shape index (κ3) is 2.86. The number of aromatic amines is 1. The molecule has 0 bridgehead atoms. The van der Waals surface area contributed by atoms with Gasteiger partial charge in [-0.2, -0.15) is 0 Å². The van der Waals surface area contributed by atoms with Crippen LogP contribution in [-0.4, -0.2) is 22.4 Å². The molecule has 1 aromatic carbocycles. The maximum atomic E-state index is 12.6. The molecule has 1 amide bonds. The van der Waals surface area contributed by atoms with Crippen molar-refractivity contribution in [2.75, 3.05) is 11.9 Å². The van der Waals surface area contributed by atoms with Gasteiger partial charge < -0.3 is 15.6 Å². The molecule has 0 spiro atoms. The number of aryl methyl sites for hydroxylation is 1. The molecule has 2 aromatic heterocycles. The van der Waals surface area contributed by atoms with Gasteiger partial charge >= 0.3 is 0 Å². The number of rotatable bonds is 3. The number of H-pyrrole nitrogens is 1. The maximum absolute atomic E-state index is 12.6. The van der Waals surface area contributed by atoms with Crippen LogP contribution < -0.4 is 10.6 Å². The first kappa shape index (κ1) is 15.1. The lowest BCUT2D eigenvalue weighted by Gasteiger charge is -2.20. The third-order valence-electron chi connectivity index (χ3n) is 4.23. The first-order chi connectivity index (χ1) is 11.7. The molecule has 6 heteroatoms. The molecule has 5 nitrogen and oxygen atoms in total.